The fourth-order valence-corrected chi connectivity index (χ4v) is 4.49. The predicted molar refractivity (Wildman–Crippen MR) is 164 cm³/mol. The fourth-order valence-electron chi connectivity index (χ4n) is 4.49. The zero-order valence-corrected chi connectivity index (χ0v) is 25.3. The summed E-state index contributed by atoms with van der Waals surface area (Å²) in [6, 6.07) is 16.2. The minimum absolute atomic E-state index is 0.0603. The van der Waals surface area contributed by atoms with Crippen LogP contribution < -0.4 is 4.74 Å². The lowest BCUT2D eigenvalue weighted by molar-refractivity contribution is -0.130. The molecule has 0 unspecified atom stereocenters. The lowest BCUT2D eigenvalue weighted by Gasteiger charge is -2.33. The van der Waals surface area contributed by atoms with Gasteiger partial charge in [0.15, 0.2) is 5.76 Å². The van der Waals surface area contributed by atoms with Gasteiger partial charge >= 0.3 is 0 Å². The van der Waals surface area contributed by atoms with Crippen molar-refractivity contribution < 1.29 is 18.7 Å². The molecule has 8 nitrogen and oxygen atoms in total. The summed E-state index contributed by atoms with van der Waals surface area (Å²) in [6.45, 7) is 15.2. The molecule has 2 aromatic heterocycles. The van der Waals surface area contributed by atoms with E-state index < -0.39 is 0 Å². The average molecular weight is 561 g/mol. The number of aryl methyl sites for hydroxylation is 2. The van der Waals surface area contributed by atoms with E-state index in [2.05, 4.69) is 74.1 Å². The average Bonchev–Trinajstić information content (AvgIpc) is 3.65. The molecule has 2 aromatic carbocycles. The van der Waals surface area contributed by atoms with Gasteiger partial charge in [-0.25, -0.2) is 4.98 Å². The predicted octanol–water partition coefficient (Wildman–Crippen LogP) is 6.89. The number of imidazole rings is 1. The summed E-state index contributed by atoms with van der Waals surface area (Å²) in [7, 11) is 0. The van der Waals surface area contributed by atoms with Gasteiger partial charge in [0, 0.05) is 33.1 Å². The maximum absolute atomic E-state index is 11.9. The number of fused-ring (bicyclic) bond motifs is 1. The van der Waals surface area contributed by atoms with Crippen LogP contribution in [0.25, 0.3) is 22.2 Å². The second-order valence-electron chi connectivity index (χ2n) is 10.1. The molecular formula is C33H44N4O4. The van der Waals surface area contributed by atoms with Gasteiger partial charge in [0.25, 0.3) is 5.91 Å². The van der Waals surface area contributed by atoms with Crippen molar-refractivity contribution in [2.24, 2.45) is 0 Å². The van der Waals surface area contributed by atoms with Crippen LogP contribution in [0.1, 0.15) is 69.4 Å². The van der Waals surface area contributed by atoms with Crippen LogP contribution in [0, 0.1) is 6.92 Å². The van der Waals surface area contributed by atoms with Gasteiger partial charge in [-0.05, 0) is 72.9 Å². The molecule has 0 bridgehead atoms. The molecule has 5 rings (SSSR count). The summed E-state index contributed by atoms with van der Waals surface area (Å²) >= 11 is 0. The van der Waals surface area contributed by atoms with Crippen LogP contribution in [0.4, 0.5) is 0 Å². The molecule has 1 N–H and O–H groups in total. The van der Waals surface area contributed by atoms with Crippen LogP contribution in [0.3, 0.4) is 0 Å². The molecule has 1 aliphatic heterocycles. The van der Waals surface area contributed by atoms with E-state index in [0.29, 0.717) is 31.9 Å². The number of piperazine rings is 1. The van der Waals surface area contributed by atoms with Gasteiger partial charge in [0.1, 0.15) is 11.6 Å². The zero-order valence-electron chi connectivity index (χ0n) is 25.3. The molecule has 0 spiro atoms. The second kappa shape index (κ2) is 15.6. The molecule has 220 valence electrons. The number of carbonyl (C=O) groups is 2. The normalized spacial score (nSPS) is 12.7. The van der Waals surface area contributed by atoms with Crippen LogP contribution in [0.15, 0.2) is 59.2 Å². The number of aromatic nitrogens is 2. The minimum Gasteiger partial charge on any atom is -0.493 e. The largest absolute Gasteiger partial charge is 0.493 e. The van der Waals surface area contributed by atoms with E-state index in [0.717, 1.165) is 42.1 Å². The van der Waals surface area contributed by atoms with Crippen LogP contribution in [-0.4, -0.2) is 64.4 Å². The molecule has 2 amide bonds. The summed E-state index contributed by atoms with van der Waals surface area (Å²) < 4.78 is 10.9. The van der Waals surface area contributed by atoms with Gasteiger partial charge in [-0.3, -0.25) is 9.59 Å². The number of H-pyrrole nitrogens is 1. The van der Waals surface area contributed by atoms with E-state index in [4.69, 9.17) is 9.15 Å². The fraction of sp³-hybridized carbons (Fsp3) is 0.424. The first-order valence-electron chi connectivity index (χ1n) is 14.6. The summed E-state index contributed by atoms with van der Waals surface area (Å²) in [5, 5.41) is 0. The van der Waals surface area contributed by atoms with Gasteiger partial charge in [-0.1, -0.05) is 46.2 Å². The molecule has 1 fully saturated rings. The van der Waals surface area contributed by atoms with E-state index in [1.807, 2.05) is 6.92 Å². The Morgan fingerprint density at radius 3 is 2.22 bits per heavy atom. The van der Waals surface area contributed by atoms with Gasteiger partial charge in [-0.15, -0.1) is 0 Å². The Bertz CT molecular complexity index is 1390. The number of hydrogen-bond donors (Lipinski definition) is 1. The third-order valence-electron chi connectivity index (χ3n) is 6.58. The topological polar surface area (TPSA) is 91.7 Å². The van der Waals surface area contributed by atoms with E-state index in [-0.39, 0.29) is 11.8 Å². The highest BCUT2D eigenvalue weighted by molar-refractivity contribution is 5.91. The first-order valence-corrected chi connectivity index (χ1v) is 14.6. The quantitative estimate of drug-likeness (QED) is 0.277. The molecule has 1 saturated heterocycles. The van der Waals surface area contributed by atoms with Crippen molar-refractivity contribution >= 4 is 22.8 Å². The number of nitrogens with one attached hydrogen (secondary N) is 1. The minimum atomic E-state index is -0.104. The Morgan fingerprint density at radius 2 is 1.61 bits per heavy atom. The maximum Gasteiger partial charge on any atom is 0.289 e. The number of rotatable bonds is 6. The molecule has 4 aromatic rings. The molecule has 1 aliphatic rings. The summed E-state index contributed by atoms with van der Waals surface area (Å²) in [4.78, 5) is 34.2. The third kappa shape index (κ3) is 8.71. The van der Waals surface area contributed by atoms with Gasteiger partial charge in [0.2, 0.25) is 5.91 Å². The SMILES string of the molecule is CC(=O)N1CCN(C(=O)c2ccco2)CC1.CCC.CCCOc1ccc(-c2ccc3nc(C)[nH]c3c2)cc1CC. The summed E-state index contributed by atoms with van der Waals surface area (Å²) in [6.07, 6.45) is 4.73. The van der Waals surface area contributed by atoms with E-state index in [1.165, 1.54) is 29.4 Å². The standard InChI is InChI=1S/C19H22N2O.C11H14N2O3.C3H8/c1-4-10-22-19-9-7-15(11-14(19)5-2)16-6-8-17-18(12-16)21-13(3)20-17;1-9(14)12-4-6-13(7-5-12)11(15)10-3-2-8-16-10;1-3-2/h6-9,11-12H,4-5,10H2,1-3H3,(H,20,21);2-3,8H,4-7H2,1H3;3H2,1-2H3. The molecule has 41 heavy (non-hydrogen) atoms. The van der Waals surface area contributed by atoms with Crippen LogP contribution in [0.5, 0.6) is 5.75 Å². The third-order valence-corrected chi connectivity index (χ3v) is 6.58. The maximum atomic E-state index is 11.9. The number of benzene rings is 2. The van der Waals surface area contributed by atoms with Crippen molar-refractivity contribution in [2.75, 3.05) is 32.8 Å². The Hall–Kier alpha value is -4.07. The number of furan rings is 1. The monoisotopic (exact) mass is 560 g/mol. The molecule has 0 atom stereocenters. The first-order chi connectivity index (χ1) is 19.8. The van der Waals surface area contributed by atoms with Crippen molar-refractivity contribution in [2.45, 2.75) is 60.8 Å². The number of nitrogens with zero attached hydrogens (tertiary/aromatic N) is 3. The van der Waals surface area contributed by atoms with E-state index >= 15 is 0 Å². The van der Waals surface area contributed by atoms with Crippen molar-refractivity contribution in [3.63, 3.8) is 0 Å². The Balaban J connectivity index is 0.000000215. The highest BCUT2D eigenvalue weighted by Gasteiger charge is 2.24. The first kappa shape index (κ1) is 31.5. The Kier molecular flexibility index (Phi) is 12.0. The molecule has 0 radical (unpaired) electrons. The van der Waals surface area contributed by atoms with Gasteiger partial charge in [-0.2, -0.15) is 0 Å². The number of carbonyl (C=O) groups excluding carboxylic acids is 2. The Morgan fingerprint density at radius 1 is 0.951 bits per heavy atom. The highest BCUT2D eigenvalue weighted by atomic mass is 16.5. The van der Waals surface area contributed by atoms with Crippen molar-refractivity contribution in [3.05, 3.63) is 71.9 Å². The number of amides is 2. The van der Waals surface area contributed by atoms with E-state index in [9.17, 15) is 9.59 Å². The highest BCUT2D eigenvalue weighted by Crippen LogP contribution is 2.29. The summed E-state index contributed by atoms with van der Waals surface area (Å²) in [5.41, 5.74) is 5.77. The molecule has 8 heteroatoms. The lowest BCUT2D eigenvalue weighted by atomic mass is 10.0. The van der Waals surface area contributed by atoms with Crippen LogP contribution in [-0.2, 0) is 11.2 Å². The van der Waals surface area contributed by atoms with Crippen molar-refractivity contribution in [3.8, 4) is 16.9 Å². The van der Waals surface area contributed by atoms with Gasteiger partial charge in [0.05, 0.1) is 23.9 Å². The zero-order chi connectivity index (χ0) is 29.8. The molecule has 0 aliphatic carbocycles. The number of ether oxygens (including phenoxy) is 1. The number of hydrogen-bond acceptors (Lipinski definition) is 5. The Labute approximate surface area is 243 Å². The van der Waals surface area contributed by atoms with Crippen LogP contribution in [0.2, 0.25) is 0 Å². The van der Waals surface area contributed by atoms with Crippen molar-refractivity contribution in [1.29, 1.82) is 0 Å². The second-order valence-corrected chi connectivity index (χ2v) is 10.1. The molecule has 0 saturated carbocycles. The lowest BCUT2D eigenvalue weighted by Crippen LogP contribution is -2.50. The van der Waals surface area contributed by atoms with Crippen molar-refractivity contribution in [1.82, 2.24) is 19.8 Å². The number of aromatic amines is 1. The van der Waals surface area contributed by atoms with E-state index in [1.54, 1.807) is 28.9 Å². The molecule has 3 heterocycles. The summed E-state index contributed by atoms with van der Waals surface area (Å²) in [5.74, 6) is 2.27. The molecular weight excluding hydrogens is 516 g/mol. The van der Waals surface area contributed by atoms with Gasteiger partial charge < -0.3 is 23.9 Å². The van der Waals surface area contributed by atoms with Crippen LogP contribution >= 0.6 is 0 Å². The smallest absolute Gasteiger partial charge is 0.289 e.